The van der Waals surface area contributed by atoms with Crippen LogP contribution in [0.3, 0.4) is 0 Å². The molecule has 6 saturated carbocycles. The van der Waals surface area contributed by atoms with E-state index in [4.69, 9.17) is 4.74 Å². The first kappa shape index (κ1) is 22.7. The lowest BCUT2D eigenvalue weighted by molar-refractivity contribution is -0.288. The molecule has 1 saturated heterocycles. The molecule has 0 amide bonds. The number of rotatable bonds is 1. The molecular weight excluding hydrogens is 428 g/mol. The number of Topliss-reactive ketones (excluding diaryl/α,β-unsaturated/α-hetero) is 1. The molecule has 0 bridgehead atoms. The van der Waals surface area contributed by atoms with Gasteiger partial charge in [-0.25, -0.2) is 0 Å². The van der Waals surface area contributed by atoms with Gasteiger partial charge < -0.3 is 20.1 Å². The molecule has 11 atom stereocenters. The predicted octanol–water partition coefficient (Wildman–Crippen LogP) is 4.01. The molecule has 190 valence electrons. The van der Waals surface area contributed by atoms with Gasteiger partial charge >= 0.3 is 0 Å². The number of carbonyl (C=O) groups is 1. The number of ether oxygens (including phenoxy) is 1. The van der Waals surface area contributed by atoms with Crippen LogP contribution in [0.4, 0.5) is 0 Å². The lowest BCUT2D eigenvalue weighted by atomic mass is 9.35. The molecule has 5 nitrogen and oxygen atoms in total. The first-order chi connectivity index (χ1) is 15.7. The Labute approximate surface area is 204 Å². The summed E-state index contributed by atoms with van der Waals surface area (Å²) in [6, 6.07) is 0. The van der Waals surface area contributed by atoms with Crippen molar-refractivity contribution in [1.29, 1.82) is 0 Å². The van der Waals surface area contributed by atoms with Gasteiger partial charge in [-0.1, -0.05) is 20.8 Å². The van der Waals surface area contributed by atoms with Crippen LogP contribution >= 0.6 is 0 Å². The summed E-state index contributed by atoms with van der Waals surface area (Å²) >= 11 is 0. The second kappa shape index (κ2) is 5.97. The fourth-order valence-corrected chi connectivity index (χ4v) is 12.5. The van der Waals surface area contributed by atoms with Gasteiger partial charge in [0.2, 0.25) is 0 Å². The lowest BCUT2D eigenvalue weighted by Crippen LogP contribution is -2.69. The van der Waals surface area contributed by atoms with Crippen LogP contribution in [0.25, 0.3) is 0 Å². The van der Waals surface area contributed by atoms with Crippen LogP contribution in [0.1, 0.15) is 98.8 Å². The third-order valence-electron chi connectivity index (χ3n) is 13.6. The van der Waals surface area contributed by atoms with Crippen LogP contribution < -0.4 is 0 Å². The van der Waals surface area contributed by atoms with E-state index in [2.05, 4.69) is 20.8 Å². The normalized spacial score (nSPS) is 61.1. The maximum absolute atomic E-state index is 12.9. The van der Waals surface area contributed by atoms with Gasteiger partial charge in [-0.2, -0.15) is 0 Å². The van der Waals surface area contributed by atoms with Gasteiger partial charge in [0.15, 0.2) is 0 Å². The largest absolute Gasteiger partial charge is 0.393 e. The van der Waals surface area contributed by atoms with Gasteiger partial charge in [0, 0.05) is 23.7 Å². The van der Waals surface area contributed by atoms with Gasteiger partial charge in [0.1, 0.15) is 5.78 Å². The van der Waals surface area contributed by atoms with E-state index in [1.807, 2.05) is 13.8 Å². The van der Waals surface area contributed by atoms with Gasteiger partial charge in [-0.15, -0.1) is 0 Å². The van der Waals surface area contributed by atoms with Gasteiger partial charge in [0.25, 0.3) is 0 Å². The van der Waals surface area contributed by atoms with Crippen molar-refractivity contribution < 1.29 is 24.9 Å². The maximum atomic E-state index is 12.9. The number of fused-ring (bicyclic) bond motifs is 2. The zero-order valence-electron chi connectivity index (χ0n) is 21.7. The minimum absolute atomic E-state index is 0.00217. The fraction of sp³-hybridized carbons (Fsp3) is 0.966. The Morgan fingerprint density at radius 1 is 0.912 bits per heavy atom. The van der Waals surface area contributed by atoms with Crippen LogP contribution in [-0.2, 0) is 9.53 Å². The van der Waals surface area contributed by atoms with Crippen molar-refractivity contribution in [2.45, 2.75) is 128 Å². The molecule has 3 N–H and O–H groups in total. The second-order valence-electron chi connectivity index (χ2n) is 15.3. The third-order valence-corrected chi connectivity index (χ3v) is 13.6. The standard InChI is InChI=1S/C29H44O5/c1-23(2)19(32)6-8-28-14-26(28)10-11-27-15-29(9-7-20(34-29)24(3,4)33)22(27)17(31)13-25(27,5)18(26)12-16(30)21(23)28/h16-18,20-22,30-31,33H,6-15H2,1-5H3/t16-,17-,18-,20?,21-,22-,25-,26-,27-,28+,29-/m0/s1. The predicted molar refractivity (Wildman–Crippen MR) is 127 cm³/mol. The van der Waals surface area contributed by atoms with Crippen LogP contribution in [0.2, 0.25) is 0 Å². The zero-order valence-corrected chi connectivity index (χ0v) is 21.7. The van der Waals surface area contributed by atoms with E-state index in [1.54, 1.807) is 0 Å². The molecule has 1 unspecified atom stereocenters. The highest BCUT2D eigenvalue weighted by Gasteiger charge is 2.88. The Balaban J connectivity index is 1.25. The summed E-state index contributed by atoms with van der Waals surface area (Å²) in [5.41, 5.74) is -1.17. The van der Waals surface area contributed by atoms with Crippen molar-refractivity contribution >= 4 is 5.78 Å². The minimum atomic E-state index is -0.857. The van der Waals surface area contributed by atoms with Crippen molar-refractivity contribution in [3.05, 3.63) is 0 Å². The molecule has 5 heteroatoms. The highest BCUT2D eigenvalue weighted by molar-refractivity contribution is 5.86. The molecule has 1 heterocycles. The highest BCUT2D eigenvalue weighted by Crippen LogP contribution is 2.91. The summed E-state index contributed by atoms with van der Waals surface area (Å²) in [5.74, 6) is 0.963. The SMILES string of the molecule is CC(C)(O)C1CC[C@@]2(C[C@]34CC[C@@]56C[C@@]57CCC(=O)C(C)(C)[C@@H]7[C@@H](O)C[C@H]6[C@]3(C)C[C@H](O)[C@H]24)O1. The average molecular weight is 473 g/mol. The van der Waals surface area contributed by atoms with Crippen LogP contribution in [0.5, 0.6) is 0 Å². The average Bonchev–Trinajstić information content (AvgIpc) is 3.01. The van der Waals surface area contributed by atoms with Crippen molar-refractivity contribution in [3.8, 4) is 0 Å². The first-order valence-corrected chi connectivity index (χ1v) is 14.0. The van der Waals surface area contributed by atoms with Gasteiger partial charge in [-0.05, 0) is 99.2 Å². The Kier molecular flexibility index (Phi) is 3.99. The Morgan fingerprint density at radius 2 is 1.62 bits per heavy atom. The summed E-state index contributed by atoms with van der Waals surface area (Å²) in [4.78, 5) is 12.9. The molecular formula is C29H44O5. The number of aliphatic hydroxyl groups excluding tert-OH is 2. The van der Waals surface area contributed by atoms with E-state index in [0.29, 0.717) is 18.1 Å². The van der Waals surface area contributed by atoms with Crippen LogP contribution in [0, 0.1) is 44.8 Å². The Hall–Kier alpha value is -0.490. The molecule has 0 radical (unpaired) electrons. The number of ketones is 1. The number of hydrogen-bond donors (Lipinski definition) is 3. The molecule has 7 aliphatic rings. The van der Waals surface area contributed by atoms with Crippen molar-refractivity contribution in [2.75, 3.05) is 0 Å². The Morgan fingerprint density at radius 3 is 2.29 bits per heavy atom. The van der Waals surface area contributed by atoms with Gasteiger partial charge in [0.05, 0.1) is 29.5 Å². The number of hydrogen-bond acceptors (Lipinski definition) is 5. The minimum Gasteiger partial charge on any atom is -0.393 e. The molecule has 0 aromatic rings. The van der Waals surface area contributed by atoms with Crippen LogP contribution in [-0.4, -0.2) is 50.6 Å². The molecule has 0 aromatic carbocycles. The van der Waals surface area contributed by atoms with E-state index < -0.39 is 17.1 Å². The molecule has 1 aliphatic heterocycles. The van der Waals surface area contributed by atoms with E-state index in [9.17, 15) is 20.1 Å². The number of aliphatic hydroxyl groups is 3. The molecule has 7 fully saturated rings. The molecule has 0 aromatic heterocycles. The van der Waals surface area contributed by atoms with E-state index in [0.717, 1.165) is 51.4 Å². The van der Waals surface area contributed by atoms with Crippen molar-refractivity contribution in [3.63, 3.8) is 0 Å². The van der Waals surface area contributed by atoms with Crippen molar-refractivity contribution in [2.24, 2.45) is 44.8 Å². The lowest BCUT2D eigenvalue weighted by Gasteiger charge is -2.70. The third kappa shape index (κ3) is 2.16. The quantitative estimate of drug-likeness (QED) is 0.537. The monoisotopic (exact) mass is 472 g/mol. The first-order valence-electron chi connectivity index (χ1n) is 14.0. The van der Waals surface area contributed by atoms with E-state index >= 15 is 0 Å². The highest BCUT2D eigenvalue weighted by atomic mass is 16.5. The summed E-state index contributed by atoms with van der Waals surface area (Å²) < 4.78 is 6.64. The summed E-state index contributed by atoms with van der Waals surface area (Å²) in [5, 5.41) is 33.8. The summed E-state index contributed by atoms with van der Waals surface area (Å²) in [6.07, 6.45) is 8.49. The zero-order chi connectivity index (χ0) is 24.3. The fourth-order valence-electron chi connectivity index (χ4n) is 12.5. The number of carbonyl (C=O) groups excluding carboxylic acids is 1. The topological polar surface area (TPSA) is 87.0 Å². The molecule has 4 spiro atoms. The molecule has 6 aliphatic carbocycles. The summed E-state index contributed by atoms with van der Waals surface area (Å²) in [7, 11) is 0. The Bertz CT molecular complexity index is 968. The smallest absolute Gasteiger partial charge is 0.138 e. The molecule has 34 heavy (non-hydrogen) atoms. The summed E-state index contributed by atoms with van der Waals surface area (Å²) in [6.45, 7) is 10.3. The maximum Gasteiger partial charge on any atom is 0.138 e. The van der Waals surface area contributed by atoms with E-state index in [1.165, 1.54) is 6.42 Å². The van der Waals surface area contributed by atoms with Crippen LogP contribution in [0.15, 0.2) is 0 Å². The van der Waals surface area contributed by atoms with Gasteiger partial charge in [-0.3, -0.25) is 4.79 Å². The second-order valence-corrected chi connectivity index (χ2v) is 15.3. The molecule has 7 rings (SSSR count). The van der Waals surface area contributed by atoms with E-state index in [-0.39, 0.29) is 51.3 Å². The van der Waals surface area contributed by atoms with Crippen molar-refractivity contribution in [1.82, 2.24) is 0 Å².